The summed E-state index contributed by atoms with van der Waals surface area (Å²) in [5.74, 6) is -0.344. The van der Waals surface area contributed by atoms with E-state index in [1.807, 2.05) is 6.26 Å². The molecule has 0 aliphatic rings. The standard InChI is InChI=1S/C12H16ClNO5S2/c1-19-11-4-3-8(7-9(11)13)21(17,18)14-10(12(15)16)5-6-20-2/h3-4,7,10,14H,5-6H2,1-2H3,(H,15,16)/t10-/m0/s1. The molecule has 9 heteroatoms. The Morgan fingerprint density at radius 3 is 2.67 bits per heavy atom. The molecule has 0 radical (unpaired) electrons. The number of hydrogen-bond donors (Lipinski definition) is 2. The van der Waals surface area contributed by atoms with Crippen molar-refractivity contribution < 1.29 is 23.1 Å². The van der Waals surface area contributed by atoms with Crippen molar-refractivity contribution in [2.75, 3.05) is 19.1 Å². The van der Waals surface area contributed by atoms with Gasteiger partial charge in [0.15, 0.2) is 0 Å². The summed E-state index contributed by atoms with van der Waals surface area (Å²) in [5, 5.41) is 9.20. The SMILES string of the molecule is COc1ccc(S(=O)(=O)N[C@@H](CCSC)C(=O)O)cc1Cl. The first-order chi connectivity index (χ1) is 9.81. The van der Waals surface area contributed by atoms with E-state index in [2.05, 4.69) is 4.72 Å². The van der Waals surface area contributed by atoms with Gasteiger partial charge in [-0.1, -0.05) is 11.6 Å². The first kappa shape index (κ1) is 18.1. The summed E-state index contributed by atoms with van der Waals surface area (Å²) in [4.78, 5) is 11.0. The molecule has 0 heterocycles. The maximum absolute atomic E-state index is 12.2. The number of methoxy groups -OCH3 is 1. The van der Waals surface area contributed by atoms with Gasteiger partial charge in [0.25, 0.3) is 0 Å². The van der Waals surface area contributed by atoms with Gasteiger partial charge in [0, 0.05) is 0 Å². The van der Waals surface area contributed by atoms with Crippen LogP contribution in [-0.4, -0.2) is 44.7 Å². The Morgan fingerprint density at radius 2 is 2.19 bits per heavy atom. The molecule has 21 heavy (non-hydrogen) atoms. The van der Waals surface area contributed by atoms with Crippen molar-refractivity contribution in [1.29, 1.82) is 0 Å². The fourth-order valence-electron chi connectivity index (χ4n) is 1.54. The Bertz CT molecular complexity index is 606. The summed E-state index contributed by atoms with van der Waals surface area (Å²) in [6.07, 6.45) is 2.01. The third-order valence-corrected chi connectivity index (χ3v) is 5.05. The molecule has 1 aromatic rings. The molecule has 0 fully saturated rings. The van der Waals surface area contributed by atoms with Gasteiger partial charge in [-0.25, -0.2) is 8.42 Å². The van der Waals surface area contributed by atoms with Crippen LogP contribution in [0.4, 0.5) is 0 Å². The monoisotopic (exact) mass is 353 g/mol. The Labute approximate surface area is 132 Å². The third-order valence-electron chi connectivity index (χ3n) is 2.64. The van der Waals surface area contributed by atoms with Gasteiger partial charge in [0.1, 0.15) is 11.8 Å². The van der Waals surface area contributed by atoms with Gasteiger partial charge in [0.2, 0.25) is 10.0 Å². The molecule has 1 aromatic carbocycles. The molecule has 0 aromatic heterocycles. The molecular formula is C12H16ClNO5S2. The van der Waals surface area contributed by atoms with Gasteiger partial charge in [-0.15, -0.1) is 0 Å². The first-order valence-electron chi connectivity index (χ1n) is 5.89. The van der Waals surface area contributed by atoms with Crippen LogP contribution in [0.25, 0.3) is 0 Å². The topological polar surface area (TPSA) is 92.7 Å². The number of carboxylic acid groups (broad SMARTS) is 1. The number of aliphatic carboxylic acids is 1. The van der Waals surface area contributed by atoms with Crippen molar-refractivity contribution in [3.05, 3.63) is 23.2 Å². The molecule has 0 saturated carbocycles. The van der Waals surface area contributed by atoms with E-state index in [1.54, 1.807) is 0 Å². The summed E-state index contributed by atoms with van der Waals surface area (Å²) in [7, 11) is -2.55. The lowest BCUT2D eigenvalue weighted by Gasteiger charge is -2.15. The van der Waals surface area contributed by atoms with Crippen LogP contribution in [0.2, 0.25) is 5.02 Å². The van der Waals surface area contributed by atoms with E-state index in [4.69, 9.17) is 21.4 Å². The number of ether oxygens (including phenoxy) is 1. The zero-order chi connectivity index (χ0) is 16.0. The largest absolute Gasteiger partial charge is 0.495 e. The number of benzene rings is 1. The highest BCUT2D eigenvalue weighted by Gasteiger charge is 2.25. The quantitative estimate of drug-likeness (QED) is 0.740. The van der Waals surface area contributed by atoms with Crippen LogP contribution in [0.5, 0.6) is 5.75 Å². The third kappa shape index (κ3) is 5.06. The number of thioether (sulfide) groups is 1. The van der Waals surface area contributed by atoms with E-state index >= 15 is 0 Å². The van der Waals surface area contributed by atoms with E-state index in [0.29, 0.717) is 11.5 Å². The predicted molar refractivity (Wildman–Crippen MR) is 82.7 cm³/mol. The highest BCUT2D eigenvalue weighted by atomic mass is 35.5. The highest BCUT2D eigenvalue weighted by molar-refractivity contribution is 7.98. The van der Waals surface area contributed by atoms with Gasteiger partial charge in [-0.2, -0.15) is 16.5 Å². The van der Waals surface area contributed by atoms with Gasteiger partial charge >= 0.3 is 5.97 Å². The maximum atomic E-state index is 12.2. The molecule has 0 spiro atoms. The lowest BCUT2D eigenvalue weighted by atomic mass is 10.2. The fourth-order valence-corrected chi connectivity index (χ4v) is 3.58. The minimum absolute atomic E-state index is 0.108. The molecule has 1 atom stereocenters. The van der Waals surface area contributed by atoms with Crippen LogP contribution < -0.4 is 9.46 Å². The van der Waals surface area contributed by atoms with Crippen molar-refractivity contribution in [2.45, 2.75) is 17.4 Å². The zero-order valence-electron chi connectivity index (χ0n) is 11.5. The van der Waals surface area contributed by atoms with Gasteiger partial charge in [-0.05, 0) is 36.6 Å². The van der Waals surface area contributed by atoms with Crippen LogP contribution in [0.15, 0.2) is 23.1 Å². The van der Waals surface area contributed by atoms with Crippen molar-refractivity contribution in [1.82, 2.24) is 4.72 Å². The summed E-state index contributed by atoms with van der Waals surface area (Å²) < 4.78 is 31.5. The average molecular weight is 354 g/mol. The number of carboxylic acids is 1. The van der Waals surface area contributed by atoms with Crippen molar-refractivity contribution in [3.63, 3.8) is 0 Å². The summed E-state index contributed by atoms with van der Waals surface area (Å²) >= 11 is 7.32. The summed E-state index contributed by atoms with van der Waals surface area (Å²) in [6, 6.07) is 2.76. The lowest BCUT2D eigenvalue weighted by Crippen LogP contribution is -2.41. The van der Waals surface area contributed by atoms with Crippen molar-refractivity contribution in [2.24, 2.45) is 0 Å². The molecule has 0 amide bonds. The van der Waals surface area contributed by atoms with Gasteiger partial charge in [0.05, 0.1) is 17.0 Å². The maximum Gasteiger partial charge on any atom is 0.321 e. The van der Waals surface area contributed by atoms with Crippen molar-refractivity contribution >= 4 is 39.4 Å². The van der Waals surface area contributed by atoms with E-state index in [0.717, 1.165) is 0 Å². The minimum Gasteiger partial charge on any atom is -0.495 e. The Kier molecular flexibility index (Phi) is 6.79. The Hall–Kier alpha value is -0.960. The molecule has 2 N–H and O–H groups in total. The second kappa shape index (κ2) is 7.88. The second-order valence-electron chi connectivity index (χ2n) is 4.09. The van der Waals surface area contributed by atoms with Crippen molar-refractivity contribution in [3.8, 4) is 5.75 Å². The number of carbonyl (C=O) groups is 1. The molecule has 0 aliphatic carbocycles. The first-order valence-corrected chi connectivity index (χ1v) is 9.15. The molecule has 6 nitrogen and oxygen atoms in total. The van der Waals surface area contributed by atoms with Gasteiger partial charge in [-0.3, -0.25) is 4.79 Å². The lowest BCUT2D eigenvalue weighted by molar-refractivity contribution is -0.139. The molecule has 0 unspecified atom stereocenters. The van der Waals surface area contributed by atoms with Crippen LogP contribution in [-0.2, 0) is 14.8 Å². The molecule has 0 aliphatic heterocycles. The molecular weight excluding hydrogens is 338 g/mol. The molecule has 0 saturated heterocycles. The second-order valence-corrected chi connectivity index (χ2v) is 7.20. The summed E-state index contributed by atoms with van der Waals surface area (Å²) in [5.41, 5.74) is 0. The van der Waals surface area contributed by atoms with Crippen LogP contribution in [0.1, 0.15) is 6.42 Å². The Morgan fingerprint density at radius 1 is 1.52 bits per heavy atom. The van der Waals surface area contributed by atoms with Gasteiger partial charge < -0.3 is 9.84 Å². The van der Waals surface area contributed by atoms with Crippen LogP contribution in [0, 0.1) is 0 Å². The number of rotatable bonds is 8. The molecule has 1 rings (SSSR count). The molecule has 0 bridgehead atoms. The number of hydrogen-bond acceptors (Lipinski definition) is 5. The van der Waals surface area contributed by atoms with E-state index < -0.39 is 22.0 Å². The van der Waals surface area contributed by atoms with Crippen LogP contribution in [0.3, 0.4) is 0 Å². The van der Waals surface area contributed by atoms with E-state index in [-0.39, 0.29) is 16.3 Å². The number of halogens is 1. The van der Waals surface area contributed by atoms with E-state index in [9.17, 15) is 13.2 Å². The smallest absolute Gasteiger partial charge is 0.321 e. The van der Waals surface area contributed by atoms with E-state index in [1.165, 1.54) is 37.1 Å². The number of nitrogens with one attached hydrogen (secondary N) is 1. The highest BCUT2D eigenvalue weighted by Crippen LogP contribution is 2.27. The predicted octanol–water partition coefficient (Wildman–Crippen LogP) is 1.83. The fraction of sp³-hybridized carbons (Fsp3) is 0.417. The summed E-state index contributed by atoms with van der Waals surface area (Å²) in [6.45, 7) is 0. The normalized spacial score (nSPS) is 12.9. The molecule has 118 valence electrons. The number of sulfonamides is 1. The minimum atomic E-state index is -3.96. The average Bonchev–Trinajstić information content (AvgIpc) is 2.43. The zero-order valence-corrected chi connectivity index (χ0v) is 13.9. The van der Waals surface area contributed by atoms with Crippen LogP contribution >= 0.6 is 23.4 Å². The Balaban J connectivity index is 2.99.